The highest BCUT2D eigenvalue weighted by atomic mass is 16.5. The van der Waals surface area contributed by atoms with Crippen LogP contribution in [0.3, 0.4) is 0 Å². The molecule has 3 rings (SSSR count). The van der Waals surface area contributed by atoms with Crippen molar-refractivity contribution < 1.29 is 4.74 Å². The van der Waals surface area contributed by atoms with Crippen molar-refractivity contribution >= 4 is 12.2 Å². The average Bonchev–Trinajstić information content (AvgIpc) is 2.70. The van der Waals surface area contributed by atoms with E-state index in [0.29, 0.717) is 23.2 Å². The van der Waals surface area contributed by atoms with E-state index in [2.05, 4.69) is 4.98 Å². The van der Waals surface area contributed by atoms with Gasteiger partial charge < -0.3 is 9.30 Å². The molecule has 136 valence electrons. The number of hydrogen-bond donors (Lipinski definition) is 0. The van der Waals surface area contributed by atoms with Gasteiger partial charge >= 0.3 is 0 Å². The lowest BCUT2D eigenvalue weighted by Crippen LogP contribution is -2.44. The van der Waals surface area contributed by atoms with E-state index in [0.717, 1.165) is 11.1 Å². The molecule has 0 radical (unpaired) electrons. The molecule has 27 heavy (non-hydrogen) atoms. The van der Waals surface area contributed by atoms with Crippen molar-refractivity contribution in [3.8, 4) is 5.88 Å². The summed E-state index contributed by atoms with van der Waals surface area (Å²) in [6.07, 6.45) is 7.50. The third kappa shape index (κ3) is 4.61. The molecule has 1 aromatic heterocycles. The first-order valence-corrected chi connectivity index (χ1v) is 8.83. The van der Waals surface area contributed by atoms with Gasteiger partial charge in [0.1, 0.15) is 17.3 Å². The molecular formula is C23H22N2O2. The summed E-state index contributed by atoms with van der Waals surface area (Å²) in [5, 5.41) is 0.991. The number of ether oxygens (including phenoxy) is 1. The summed E-state index contributed by atoms with van der Waals surface area (Å²) in [5.74, 6) is 0.432. The highest BCUT2D eigenvalue weighted by molar-refractivity contribution is 5.51. The number of aromatic nitrogens is 2. The maximum Gasteiger partial charge on any atom is 0.276 e. The van der Waals surface area contributed by atoms with Gasteiger partial charge in [-0.1, -0.05) is 72.8 Å². The lowest BCUT2D eigenvalue weighted by molar-refractivity contribution is 0.338. The van der Waals surface area contributed by atoms with E-state index in [4.69, 9.17) is 4.74 Å². The number of allylic oxidation sites excluding steroid dienone is 1. The number of rotatable bonds is 5. The van der Waals surface area contributed by atoms with Gasteiger partial charge in [-0.3, -0.25) is 4.79 Å². The van der Waals surface area contributed by atoms with Crippen molar-refractivity contribution in [3.63, 3.8) is 0 Å². The second-order valence-corrected chi connectivity index (χ2v) is 6.04. The molecule has 0 N–H and O–H groups in total. The molecule has 0 aliphatic carbocycles. The Morgan fingerprint density at radius 3 is 2.15 bits per heavy atom. The fourth-order valence-electron chi connectivity index (χ4n) is 2.64. The molecule has 0 saturated heterocycles. The van der Waals surface area contributed by atoms with Gasteiger partial charge in [0, 0.05) is 7.05 Å². The van der Waals surface area contributed by atoms with Gasteiger partial charge in [-0.25, -0.2) is 4.98 Å². The van der Waals surface area contributed by atoms with Crippen LogP contribution in [-0.4, -0.2) is 16.2 Å². The molecule has 2 aromatic carbocycles. The van der Waals surface area contributed by atoms with Crippen molar-refractivity contribution in [1.82, 2.24) is 9.55 Å². The molecular weight excluding hydrogens is 336 g/mol. The zero-order chi connectivity index (χ0) is 19.1. The number of benzene rings is 2. The molecule has 0 fully saturated rings. The molecule has 0 aliphatic rings. The van der Waals surface area contributed by atoms with E-state index in [1.54, 1.807) is 17.7 Å². The second kappa shape index (κ2) is 8.81. The summed E-state index contributed by atoms with van der Waals surface area (Å²) in [5.41, 5.74) is 1.73. The quantitative estimate of drug-likeness (QED) is 0.658. The Morgan fingerprint density at radius 2 is 1.56 bits per heavy atom. The first-order valence-electron chi connectivity index (χ1n) is 8.83. The van der Waals surface area contributed by atoms with Crippen LogP contribution in [0.5, 0.6) is 5.88 Å². The largest absolute Gasteiger partial charge is 0.472 e. The smallest absolute Gasteiger partial charge is 0.276 e. The first kappa shape index (κ1) is 18.4. The van der Waals surface area contributed by atoms with Crippen molar-refractivity contribution in [3.05, 3.63) is 105 Å². The summed E-state index contributed by atoms with van der Waals surface area (Å²) in [4.78, 5) is 17.4. The maximum absolute atomic E-state index is 12.8. The lowest BCUT2D eigenvalue weighted by Gasteiger charge is -2.08. The van der Waals surface area contributed by atoms with Gasteiger partial charge in [-0.15, -0.1) is 0 Å². The van der Waals surface area contributed by atoms with E-state index < -0.39 is 0 Å². The van der Waals surface area contributed by atoms with Crippen LogP contribution in [0.25, 0.3) is 12.2 Å². The topological polar surface area (TPSA) is 44.1 Å². The Balaban J connectivity index is 2.21. The van der Waals surface area contributed by atoms with Crippen molar-refractivity contribution in [2.75, 3.05) is 6.61 Å². The van der Waals surface area contributed by atoms with Crippen LogP contribution in [0, 0.1) is 0 Å². The third-order valence-corrected chi connectivity index (χ3v) is 4.08. The normalized spacial score (nSPS) is 12.7. The molecule has 1 heterocycles. The minimum atomic E-state index is -0.167. The summed E-state index contributed by atoms with van der Waals surface area (Å²) in [6.45, 7) is 2.32. The molecule has 4 nitrogen and oxygen atoms in total. The van der Waals surface area contributed by atoms with Crippen molar-refractivity contribution in [2.45, 2.75) is 6.92 Å². The molecule has 4 heteroatoms. The van der Waals surface area contributed by atoms with Gasteiger partial charge in [0.05, 0.1) is 0 Å². The van der Waals surface area contributed by atoms with E-state index in [-0.39, 0.29) is 5.56 Å². The van der Waals surface area contributed by atoms with E-state index in [9.17, 15) is 4.79 Å². The molecule has 0 unspecified atom stereocenters. The Bertz CT molecular complexity index is 1100. The van der Waals surface area contributed by atoms with Crippen molar-refractivity contribution in [2.24, 2.45) is 7.05 Å². The third-order valence-electron chi connectivity index (χ3n) is 4.08. The first-order chi connectivity index (χ1) is 13.2. The molecule has 0 amide bonds. The summed E-state index contributed by atoms with van der Waals surface area (Å²) in [7, 11) is 1.74. The Morgan fingerprint density at radius 1 is 0.963 bits per heavy atom. The van der Waals surface area contributed by atoms with Crippen LogP contribution < -0.4 is 21.0 Å². The van der Waals surface area contributed by atoms with Crippen LogP contribution in [0.4, 0.5) is 0 Å². The minimum Gasteiger partial charge on any atom is -0.472 e. The van der Waals surface area contributed by atoms with E-state index in [1.807, 2.05) is 85.8 Å². The fraction of sp³-hybridized carbons (Fsp3) is 0.130. The van der Waals surface area contributed by atoms with Crippen LogP contribution >= 0.6 is 0 Å². The average molecular weight is 358 g/mol. The summed E-state index contributed by atoms with van der Waals surface area (Å²) in [6, 6.07) is 19.5. The van der Waals surface area contributed by atoms with Crippen LogP contribution in [-0.2, 0) is 7.05 Å². The van der Waals surface area contributed by atoms with Crippen molar-refractivity contribution in [1.29, 1.82) is 0 Å². The zero-order valence-corrected chi connectivity index (χ0v) is 15.5. The van der Waals surface area contributed by atoms with Gasteiger partial charge in [0.2, 0.25) is 5.88 Å². The molecule has 3 aromatic rings. The van der Waals surface area contributed by atoms with Gasteiger partial charge in [-0.05, 0) is 30.2 Å². The van der Waals surface area contributed by atoms with Gasteiger partial charge in [0.15, 0.2) is 0 Å². The highest BCUT2D eigenvalue weighted by Gasteiger charge is 2.07. The lowest BCUT2D eigenvalue weighted by atomic mass is 10.2. The second-order valence-electron chi connectivity index (χ2n) is 6.04. The number of hydrogen-bond acceptors (Lipinski definition) is 3. The zero-order valence-electron chi connectivity index (χ0n) is 15.5. The summed E-state index contributed by atoms with van der Waals surface area (Å²) < 4.78 is 7.44. The Kier molecular flexibility index (Phi) is 6.00. The maximum atomic E-state index is 12.8. The molecule has 0 spiro atoms. The molecule has 0 saturated carbocycles. The monoisotopic (exact) mass is 358 g/mol. The highest BCUT2D eigenvalue weighted by Crippen LogP contribution is 2.02. The van der Waals surface area contributed by atoms with Crippen LogP contribution in [0.2, 0.25) is 0 Å². The standard InChI is InChI=1S/C23H22N2O2/c1-3-4-15-27-22-21(17-19-13-9-6-10-14-19)25(2)23(26)20(24-22)16-18-11-7-5-8-12-18/h3-14,16-17H,15H2,1-2H3. The fourth-order valence-corrected chi connectivity index (χ4v) is 2.64. The van der Waals surface area contributed by atoms with E-state index in [1.165, 1.54) is 0 Å². The molecule has 0 atom stereocenters. The van der Waals surface area contributed by atoms with E-state index >= 15 is 0 Å². The molecule has 0 bridgehead atoms. The van der Waals surface area contributed by atoms with Gasteiger partial charge in [0.25, 0.3) is 5.56 Å². The predicted molar refractivity (Wildman–Crippen MR) is 109 cm³/mol. The minimum absolute atomic E-state index is 0.167. The number of nitrogens with zero attached hydrogens (tertiary/aromatic N) is 2. The van der Waals surface area contributed by atoms with Crippen LogP contribution in [0.1, 0.15) is 18.1 Å². The molecule has 0 aliphatic heterocycles. The Hall–Kier alpha value is -3.40. The summed E-state index contributed by atoms with van der Waals surface area (Å²) >= 11 is 0. The van der Waals surface area contributed by atoms with Gasteiger partial charge in [-0.2, -0.15) is 0 Å². The SMILES string of the molecule is CC=CCOc1nc(=Cc2ccccc2)c(=O)n(C)c1=Cc1ccccc1. The predicted octanol–water partition coefficient (Wildman–Crippen LogP) is 2.39. The van der Waals surface area contributed by atoms with Crippen LogP contribution in [0.15, 0.2) is 77.6 Å². The Labute approximate surface area is 158 Å².